The van der Waals surface area contributed by atoms with Crippen molar-refractivity contribution in [3.63, 3.8) is 0 Å². The number of carbonyl (C=O) groups is 2. The molecule has 0 saturated carbocycles. The lowest BCUT2D eigenvalue weighted by Crippen LogP contribution is -2.09. The van der Waals surface area contributed by atoms with Gasteiger partial charge in [-0.05, 0) is 30.3 Å². The monoisotopic (exact) mass is 308 g/mol. The van der Waals surface area contributed by atoms with Gasteiger partial charge in [0.15, 0.2) is 11.6 Å². The highest BCUT2D eigenvalue weighted by Gasteiger charge is 2.18. The SMILES string of the molecule is O=C(CC(=O)c1ccccc1Cl)c1ccc(Cl)cc1O. The van der Waals surface area contributed by atoms with Gasteiger partial charge in [0.25, 0.3) is 0 Å². The summed E-state index contributed by atoms with van der Waals surface area (Å²) in [7, 11) is 0. The Hall–Kier alpha value is -1.84. The number of hydrogen-bond acceptors (Lipinski definition) is 3. The third-order valence-electron chi connectivity index (χ3n) is 2.76. The summed E-state index contributed by atoms with van der Waals surface area (Å²) < 4.78 is 0. The fourth-order valence-corrected chi connectivity index (χ4v) is 2.17. The summed E-state index contributed by atoms with van der Waals surface area (Å²) in [6.45, 7) is 0. The maximum absolute atomic E-state index is 12.0. The summed E-state index contributed by atoms with van der Waals surface area (Å²) in [6, 6.07) is 10.6. The zero-order chi connectivity index (χ0) is 14.7. The topological polar surface area (TPSA) is 54.4 Å². The minimum Gasteiger partial charge on any atom is -0.507 e. The highest BCUT2D eigenvalue weighted by Crippen LogP contribution is 2.24. The summed E-state index contributed by atoms with van der Waals surface area (Å²) in [5.41, 5.74) is 0.353. The molecule has 2 rings (SSSR count). The predicted octanol–water partition coefficient (Wildman–Crippen LogP) is 4.15. The largest absolute Gasteiger partial charge is 0.507 e. The van der Waals surface area contributed by atoms with E-state index in [4.69, 9.17) is 23.2 Å². The molecule has 3 nitrogen and oxygen atoms in total. The van der Waals surface area contributed by atoms with Crippen LogP contribution in [0.4, 0.5) is 0 Å². The van der Waals surface area contributed by atoms with Crippen molar-refractivity contribution < 1.29 is 14.7 Å². The van der Waals surface area contributed by atoms with E-state index in [2.05, 4.69) is 0 Å². The zero-order valence-electron chi connectivity index (χ0n) is 10.3. The van der Waals surface area contributed by atoms with Crippen molar-refractivity contribution in [2.24, 2.45) is 0 Å². The number of ketones is 2. The van der Waals surface area contributed by atoms with Crippen LogP contribution in [0.1, 0.15) is 27.1 Å². The first-order chi connectivity index (χ1) is 9.49. The molecule has 0 unspecified atom stereocenters. The molecule has 0 amide bonds. The molecule has 0 aliphatic rings. The first kappa shape index (κ1) is 14.6. The molecule has 0 heterocycles. The molecule has 102 valence electrons. The number of benzene rings is 2. The Kier molecular flexibility index (Phi) is 4.42. The van der Waals surface area contributed by atoms with Crippen LogP contribution in [0.2, 0.25) is 10.0 Å². The molecule has 2 aromatic rings. The average molecular weight is 309 g/mol. The third kappa shape index (κ3) is 3.18. The van der Waals surface area contributed by atoms with Gasteiger partial charge < -0.3 is 5.11 Å². The highest BCUT2D eigenvalue weighted by atomic mass is 35.5. The fourth-order valence-electron chi connectivity index (χ4n) is 1.76. The van der Waals surface area contributed by atoms with E-state index >= 15 is 0 Å². The second-order valence-electron chi connectivity index (χ2n) is 4.16. The van der Waals surface area contributed by atoms with Crippen molar-refractivity contribution in [3.8, 4) is 5.75 Å². The smallest absolute Gasteiger partial charge is 0.174 e. The lowest BCUT2D eigenvalue weighted by Gasteiger charge is -2.05. The number of phenols is 1. The average Bonchev–Trinajstić information content (AvgIpc) is 2.38. The van der Waals surface area contributed by atoms with Crippen LogP contribution in [0.5, 0.6) is 5.75 Å². The summed E-state index contributed by atoms with van der Waals surface area (Å²) >= 11 is 11.6. The molecule has 0 aliphatic heterocycles. The molecule has 2 aromatic carbocycles. The maximum Gasteiger partial charge on any atom is 0.174 e. The standard InChI is InChI=1S/C15H10Cl2O3/c16-9-5-6-11(13(18)7-9)15(20)8-14(19)10-3-1-2-4-12(10)17/h1-7,18H,8H2. The van der Waals surface area contributed by atoms with Crippen LogP contribution in [-0.4, -0.2) is 16.7 Å². The fraction of sp³-hybridized carbons (Fsp3) is 0.0667. The number of halogens is 2. The van der Waals surface area contributed by atoms with E-state index in [1.807, 2.05) is 0 Å². The molecular weight excluding hydrogens is 299 g/mol. The third-order valence-corrected chi connectivity index (χ3v) is 3.32. The van der Waals surface area contributed by atoms with Gasteiger partial charge in [0.1, 0.15) is 5.75 Å². The highest BCUT2D eigenvalue weighted by molar-refractivity contribution is 6.34. The number of Topliss-reactive ketones (excluding diaryl/α,β-unsaturated/α-hetero) is 2. The van der Waals surface area contributed by atoms with Crippen molar-refractivity contribution in [2.45, 2.75) is 6.42 Å². The molecule has 0 aromatic heterocycles. The molecule has 20 heavy (non-hydrogen) atoms. The first-order valence-corrected chi connectivity index (χ1v) is 6.54. The van der Waals surface area contributed by atoms with Gasteiger partial charge in [-0.25, -0.2) is 0 Å². The molecule has 0 saturated heterocycles. The molecular formula is C15H10Cl2O3. The van der Waals surface area contributed by atoms with E-state index in [1.54, 1.807) is 24.3 Å². The molecule has 0 atom stereocenters. The predicted molar refractivity (Wildman–Crippen MR) is 77.8 cm³/mol. The van der Waals surface area contributed by atoms with Crippen molar-refractivity contribution in [1.82, 2.24) is 0 Å². The van der Waals surface area contributed by atoms with Crippen LogP contribution in [0.25, 0.3) is 0 Å². The first-order valence-electron chi connectivity index (χ1n) is 5.78. The molecule has 0 spiro atoms. The normalized spacial score (nSPS) is 10.3. The second-order valence-corrected chi connectivity index (χ2v) is 5.01. The Morgan fingerprint density at radius 2 is 1.60 bits per heavy atom. The van der Waals surface area contributed by atoms with E-state index in [0.29, 0.717) is 10.0 Å². The van der Waals surface area contributed by atoms with Gasteiger partial charge in [0, 0.05) is 10.6 Å². The molecule has 0 radical (unpaired) electrons. The van der Waals surface area contributed by atoms with Crippen molar-refractivity contribution in [1.29, 1.82) is 0 Å². The summed E-state index contributed by atoms with van der Waals surface area (Å²) in [5.74, 6) is -1.12. The van der Waals surface area contributed by atoms with E-state index < -0.39 is 11.6 Å². The number of phenolic OH excluding ortho intramolecular Hbond substituents is 1. The quantitative estimate of drug-likeness (QED) is 0.681. The van der Waals surface area contributed by atoms with Crippen molar-refractivity contribution in [3.05, 3.63) is 63.6 Å². The Morgan fingerprint density at radius 1 is 0.950 bits per heavy atom. The van der Waals surface area contributed by atoms with Gasteiger partial charge >= 0.3 is 0 Å². The number of aromatic hydroxyl groups is 1. The van der Waals surface area contributed by atoms with Gasteiger partial charge in [-0.2, -0.15) is 0 Å². The maximum atomic E-state index is 12.0. The van der Waals surface area contributed by atoms with Gasteiger partial charge in [0.2, 0.25) is 0 Å². The van der Waals surface area contributed by atoms with Crippen molar-refractivity contribution in [2.75, 3.05) is 0 Å². The summed E-state index contributed by atoms with van der Waals surface area (Å²) in [6.07, 6.45) is -0.362. The number of hydrogen-bond donors (Lipinski definition) is 1. The van der Waals surface area contributed by atoms with Crippen LogP contribution < -0.4 is 0 Å². The van der Waals surface area contributed by atoms with Gasteiger partial charge in [-0.1, -0.05) is 35.3 Å². The lowest BCUT2D eigenvalue weighted by atomic mass is 10.0. The summed E-state index contributed by atoms with van der Waals surface area (Å²) in [5, 5.41) is 10.3. The van der Waals surface area contributed by atoms with Crippen LogP contribution >= 0.6 is 23.2 Å². The van der Waals surface area contributed by atoms with Gasteiger partial charge in [0.05, 0.1) is 17.0 Å². The van der Waals surface area contributed by atoms with E-state index in [0.717, 1.165) is 0 Å². The molecule has 0 fully saturated rings. The van der Waals surface area contributed by atoms with Crippen molar-refractivity contribution >= 4 is 34.8 Å². The Balaban J connectivity index is 2.20. The lowest BCUT2D eigenvalue weighted by molar-refractivity contribution is 0.0893. The van der Waals surface area contributed by atoms with Crippen LogP contribution in [0.3, 0.4) is 0 Å². The molecule has 0 aliphatic carbocycles. The van der Waals surface area contributed by atoms with Gasteiger partial charge in [-0.3, -0.25) is 9.59 Å². The van der Waals surface area contributed by atoms with Crippen LogP contribution in [-0.2, 0) is 0 Å². The molecule has 0 bridgehead atoms. The Morgan fingerprint density at radius 3 is 2.25 bits per heavy atom. The van der Waals surface area contributed by atoms with Gasteiger partial charge in [-0.15, -0.1) is 0 Å². The second kappa shape index (κ2) is 6.07. The van der Waals surface area contributed by atoms with Crippen LogP contribution in [0, 0.1) is 0 Å². The Labute approximate surface area is 125 Å². The summed E-state index contributed by atoms with van der Waals surface area (Å²) in [4.78, 5) is 24.0. The Bertz CT molecular complexity index is 681. The number of carbonyl (C=O) groups excluding carboxylic acids is 2. The van der Waals surface area contributed by atoms with E-state index in [1.165, 1.54) is 18.2 Å². The molecule has 5 heteroatoms. The zero-order valence-corrected chi connectivity index (χ0v) is 11.8. The molecule has 1 N–H and O–H groups in total. The minimum atomic E-state index is -0.482. The minimum absolute atomic E-state index is 0.0646. The number of rotatable bonds is 4. The van der Waals surface area contributed by atoms with Crippen LogP contribution in [0.15, 0.2) is 42.5 Å². The van der Waals surface area contributed by atoms with E-state index in [9.17, 15) is 14.7 Å². The van der Waals surface area contributed by atoms with E-state index in [-0.39, 0.29) is 23.3 Å².